The van der Waals surface area contributed by atoms with Crippen molar-refractivity contribution in [1.82, 2.24) is 4.90 Å². The van der Waals surface area contributed by atoms with Crippen LogP contribution in [-0.4, -0.2) is 34.7 Å². The van der Waals surface area contributed by atoms with E-state index in [1.807, 2.05) is 0 Å². The van der Waals surface area contributed by atoms with Crippen molar-refractivity contribution in [3.8, 4) is 0 Å². The third-order valence-corrected chi connectivity index (χ3v) is 4.52. The van der Waals surface area contributed by atoms with E-state index in [0.29, 0.717) is 0 Å². The molecule has 2 nitrogen and oxygen atoms in total. The van der Waals surface area contributed by atoms with Gasteiger partial charge < -0.3 is 5.11 Å². The molecule has 1 N–H and O–H groups in total. The monoisotopic (exact) mass is 241 g/mol. The van der Waals surface area contributed by atoms with Gasteiger partial charge in [-0.05, 0) is 51.6 Å². The fourth-order valence-electron chi connectivity index (χ4n) is 2.93. The molecule has 2 heteroatoms. The molecular formula is C15H31NO. The van der Waals surface area contributed by atoms with Crippen molar-refractivity contribution in [3.05, 3.63) is 0 Å². The molecule has 1 heterocycles. The summed E-state index contributed by atoms with van der Waals surface area (Å²) >= 11 is 0. The van der Waals surface area contributed by atoms with Gasteiger partial charge in [0.2, 0.25) is 0 Å². The lowest BCUT2D eigenvalue weighted by Crippen LogP contribution is -2.53. The maximum atomic E-state index is 10.5. The molecule has 0 spiro atoms. The van der Waals surface area contributed by atoms with Crippen LogP contribution in [-0.2, 0) is 0 Å². The van der Waals surface area contributed by atoms with E-state index in [9.17, 15) is 5.11 Å². The summed E-state index contributed by atoms with van der Waals surface area (Å²) in [6.07, 6.45) is 6.83. The van der Waals surface area contributed by atoms with E-state index in [2.05, 4.69) is 32.6 Å². The summed E-state index contributed by atoms with van der Waals surface area (Å²) in [4.78, 5) is 2.51. The van der Waals surface area contributed by atoms with Crippen molar-refractivity contribution in [2.75, 3.05) is 13.1 Å². The van der Waals surface area contributed by atoms with Crippen molar-refractivity contribution in [2.24, 2.45) is 5.92 Å². The van der Waals surface area contributed by atoms with Crippen LogP contribution >= 0.6 is 0 Å². The number of hydrogen-bond acceptors (Lipinski definition) is 2. The van der Waals surface area contributed by atoms with Crippen LogP contribution in [0.3, 0.4) is 0 Å². The van der Waals surface area contributed by atoms with Gasteiger partial charge in [0, 0.05) is 5.54 Å². The Bertz CT molecular complexity index is 211. The minimum Gasteiger partial charge on any atom is -0.391 e. The van der Waals surface area contributed by atoms with Crippen molar-refractivity contribution < 1.29 is 5.11 Å². The number of nitrogens with zero attached hydrogens (tertiary/aromatic N) is 1. The molecule has 1 fully saturated rings. The van der Waals surface area contributed by atoms with Crippen LogP contribution in [0.15, 0.2) is 0 Å². The highest BCUT2D eigenvalue weighted by atomic mass is 16.3. The molecular weight excluding hydrogens is 210 g/mol. The normalized spacial score (nSPS) is 22.9. The van der Waals surface area contributed by atoms with Gasteiger partial charge in [-0.15, -0.1) is 0 Å². The zero-order chi connectivity index (χ0) is 12.9. The summed E-state index contributed by atoms with van der Waals surface area (Å²) in [6, 6.07) is 0. The van der Waals surface area contributed by atoms with Crippen LogP contribution in [0.2, 0.25) is 0 Å². The Kier molecular flexibility index (Phi) is 5.94. The van der Waals surface area contributed by atoms with Crippen molar-refractivity contribution >= 4 is 0 Å². The Balaban J connectivity index is 2.46. The fourth-order valence-corrected chi connectivity index (χ4v) is 2.93. The van der Waals surface area contributed by atoms with Crippen LogP contribution < -0.4 is 0 Å². The van der Waals surface area contributed by atoms with Crippen molar-refractivity contribution in [1.29, 1.82) is 0 Å². The van der Waals surface area contributed by atoms with E-state index < -0.39 is 0 Å². The van der Waals surface area contributed by atoms with Gasteiger partial charge in [-0.3, -0.25) is 4.90 Å². The van der Waals surface area contributed by atoms with E-state index in [1.54, 1.807) is 0 Å². The standard InChI is InChI=1S/C15H31NO/c1-5-15(4,16-11-6-7-12-16)14(17)10-8-9-13(2)3/h13-14,17H,5-12H2,1-4H3. The lowest BCUT2D eigenvalue weighted by molar-refractivity contribution is -0.0181. The average Bonchev–Trinajstić information content (AvgIpc) is 2.81. The van der Waals surface area contributed by atoms with Crippen molar-refractivity contribution in [3.63, 3.8) is 0 Å². The second-order valence-electron chi connectivity index (χ2n) is 6.25. The summed E-state index contributed by atoms with van der Waals surface area (Å²) in [6.45, 7) is 11.3. The first-order valence-electron chi connectivity index (χ1n) is 7.43. The lowest BCUT2D eigenvalue weighted by atomic mass is 9.86. The third kappa shape index (κ3) is 3.96. The summed E-state index contributed by atoms with van der Waals surface area (Å²) in [7, 11) is 0. The van der Waals surface area contributed by atoms with E-state index >= 15 is 0 Å². The summed E-state index contributed by atoms with van der Waals surface area (Å²) < 4.78 is 0. The Morgan fingerprint density at radius 1 is 1.18 bits per heavy atom. The first-order valence-corrected chi connectivity index (χ1v) is 7.43. The molecule has 1 aliphatic heterocycles. The largest absolute Gasteiger partial charge is 0.391 e. The average molecular weight is 241 g/mol. The van der Waals surface area contributed by atoms with Crippen molar-refractivity contribution in [2.45, 2.75) is 77.9 Å². The number of hydrogen-bond donors (Lipinski definition) is 1. The van der Waals surface area contributed by atoms with Crippen LogP contribution in [0.5, 0.6) is 0 Å². The van der Waals surface area contributed by atoms with Gasteiger partial charge in [0.1, 0.15) is 0 Å². The highest BCUT2D eigenvalue weighted by Crippen LogP contribution is 2.30. The number of aliphatic hydroxyl groups is 1. The Labute approximate surface area is 107 Å². The second-order valence-corrected chi connectivity index (χ2v) is 6.25. The zero-order valence-corrected chi connectivity index (χ0v) is 12.2. The molecule has 102 valence electrons. The molecule has 17 heavy (non-hydrogen) atoms. The summed E-state index contributed by atoms with van der Waals surface area (Å²) in [5.74, 6) is 0.752. The first-order chi connectivity index (χ1) is 8.00. The Morgan fingerprint density at radius 2 is 1.76 bits per heavy atom. The molecule has 0 aliphatic carbocycles. The molecule has 2 unspecified atom stereocenters. The quantitative estimate of drug-likeness (QED) is 0.738. The van der Waals surface area contributed by atoms with Crippen LogP contribution in [0.4, 0.5) is 0 Å². The highest BCUT2D eigenvalue weighted by Gasteiger charge is 2.37. The lowest BCUT2D eigenvalue weighted by Gasteiger charge is -2.42. The SMILES string of the molecule is CCC(C)(C(O)CCCC(C)C)N1CCCC1. The Morgan fingerprint density at radius 3 is 2.24 bits per heavy atom. The molecule has 0 aromatic rings. The molecule has 2 atom stereocenters. The molecule has 0 bridgehead atoms. The van der Waals surface area contributed by atoms with Crippen LogP contribution in [0.1, 0.15) is 66.2 Å². The zero-order valence-electron chi connectivity index (χ0n) is 12.2. The minimum absolute atomic E-state index is 0.00742. The van der Waals surface area contributed by atoms with Crippen LogP contribution in [0, 0.1) is 5.92 Å². The smallest absolute Gasteiger partial charge is 0.0721 e. The van der Waals surface area contributed by atoms with E-state index in [-0.39, 0.29) is 11.6 Å². The number of likely N-dealkylation sites (tertiary alicyclic amines) is 1. The predicted molar refractivity (Wildman–Crippen MR) is 74.2 cm³/mol. The topological polar surface area (TPSA) is 23.5 Å². The summed E-state index contributed by atoms with van der Waals surface area (Å²) in [5, 5.41) is 10.5. The summed E-state index contributed by atoms with van der Waals surface area (Å²) in [5.41, 5.74) is 0.00742. The van der Waals surface area contributed by atoms with Gasteiger partial charge in [0.05, 0.1) is 6.10 Å². The van der Waals surface area contributed by atoms with E-state index in [4.69, 9.17) is 0 Å². The third-order valence-electron chi connectivity index (χ3n) is 4.52. The maximum Gasteiger partial charge on any atom is 0.0721 e. The van der Waals surface area contributed by atoms with E-state index in [1.165, 1.54) is 32.4 Å². The Hall–Kier alpha value is -0.0800. The van der Waals surface area contributed by atoms with Gasteiger partial charge in [-0.1, -0.05) is 33.6 Å². The molecule has 1 rings (SSSR count). The second kappa shape index (κ2) is 6.75. The van der Waals surface area contributed by atoms with Gasteiger partial charge >= 0.3 is 0 Å². The van der Waals surface area contributed by atoms with Crippen LogP contribution in [0.25, 0.3) is 0 Å². The molecule has 0 aromatic heterocycles. The number of aliphatic hydroxyl groups excluding tert-OH is 1. The molecule has 0 amide bonds. The minimum atomic E-state index is -0.163. The predicted octanol–water partition coefficient (Wildman–Crippen LogP) is 3.44. The molecule has 1 saturated heterocycles. The molecule has 1 aliphatic rings. The van der Waals surface area contributed by atoms with Gasteiger partial charge in [0.25, 0.3) is 0 Å². The fraction of sp³-hybridized carbons (Fsp3) is 1.00. The number of rotatable bonds is 7. The molecule has 0 aromatic carbocycles. The highest BCUT2D eigenvalue weighted by molar-refractivity contribution is 4.93. The molecule has 0 saturated carbocycles. The first kappa shape index (κ1) is 15.0. The molecule has 0 radical (unpaired) electrons. The maximum absolute atomic E-state index is 10.5. The van der Waals surface area contributed by atoms with Gasteiger partial charge in [-0.2, -0.15) is 0 Å². The van der Waals surface area contributed by atoms with E-state index in [0.717, 1.165) is 25.2 Å². The van der Waals surface area contributed by atoms with Gasteiger partial charge in [-0.25, -0.2) is 0 Å². The van der Waals surface area contributed by atoms with Gasteiger partial charge in [0.15, 0.2) is 0 Å².